The second kappa shape index (κ2) is 3.95. The molecule has 2 atom stereocenters. The third kappa shape index (κ3) is 2.21. The molecule has 2 nitrogen and oxygen atoms in total. The van der Waals surface area contributed by atoms with Gasteiger partial charge in [0, 0.05) is 5.56 Å². The molecule has 0 bridgehead atoms. The minimum atomic E-state index is -0.564. The van der Waals surface area contributed by atoms with E-state index in [1.807, 2.05) is 6.92 Å². The molecule has 0 amide bonds. The van der Waals surface area contributed by atoms with E-state index in [9.17, 15) is 0 Å². The van der Waals surface area contributed by atoms with Crippen LogP contribution in [0.25, 0.3) is 0 Å². The summed E-state index contributed by atoms with van der Waals surface area (Å²) in [5.74, 6) is -0.564. The third-order valence-corrected chi connectivity index (χ3v) is 2.90. The highest BCUT2D eigenvalue weighted by atomic mass is 16.7. The molecule has 0 unspecified atom stereocenters. The number of ether oxygens (including phenoxy) is 2. The number of benzene rings is 1. The van der Waals surface area contributed by atoms with Crippen molar-refractivity contribution in [2.45, 2.75) is 39.1 Å². The van der Waals surface area contributed by atoms with Crippen LogP contribution in [0.3, 0.4) is 0 Å². The molecule has 2 heteroatoms. The summed E-state index contributed by atoms with van der Waals surface area (Å²) in [6, 6.07) is 8.33. The van der Waals surface area contributed by atoms with Crippen molar-refractivity contribution in [1.82, 2.24) is 0 Å². The lowest BCUT2D eigenvalue weighted by atomic mass is 10.0. The molecule has 1 aliphatic rings. The Kier molecular flexibility index (Phi) is 2.81. The van der Waals surface area contributed by atoms with Gasteiger partial charge in [0.15, 0.2) is 5.79 Å². The van der Waals surface area contributed by atoms with Gasteiger partial charge < -0.3 is 9.47 Å². The maximum atomic E-state index is 5.88. The van der Waals surface area contributed by atoms with E-state index >= 15 is 0 Å². The highest BCUT2D eigenvalue weighted by Gasteiger charge is 2.33. The second-order valence-corrected chi connectivity index (χ2v) is 4.38. The lowest BCUT2D eigenvalue weighted by Crippen LogP contribution is -2.38. The molecule has 0 spiro atoms. The maximum absolute atomic E-state index is 5.88. The summed E-state index contributed by atoms with van der Waals surface area (Å²) in [4.78, 5) is 0. The van der Waals surface area contributed by atoms with Crippen molar-refractivity contribution in [3.05, 3.63) is 35.4 Å². The van der Waals surface area contributed by atoms with Gasteiger partial charge in [-0.3, -0.25) is 0 Å². The summed E-state index contributed by atoms with van der Waals surface area (Å²) in [6.07, 6.45) is 1.24. The minimum Gasteiger partial charge on any atom is -0.346 e. The number of hydrogen-bond donors (Lipinski definition) is 0. The van der Waals surface area contributed by atoms with Crippen LogP contribution in [0.1, 0.15) is 31.4 Å². The topological polar surface area (TPSA) is 18.5 Å². The molecule has 0 saturated carbocycles. The van der Waals surface area contributed by atoms with E-state index in [4.69, 9.17) is 9.47 Å². The Bertz CT molecular complexity index is 331. The Morgan fingerprint density at radius 1 is 1.27 bits per heavy atom. The van der Waals surface area contributed by atoms with Crippen molar-refractivity contribution in [3.63, 3.8) is 0 Å². The Balaban J connectivity index is 2.24. The van der Waals surface area contributed by atoms with Crippen molar-refractivity contribution in [1.29, 1.82) is 0 Å². The average Bonchev–Trinajstić information content (AvgIpc) is 2.18. The summed E-state index contributed by atoms with van der Waals surface area (Å²) in [6.45, 7) is 6.94. The summed E-state index contributed by atoms with van der Waals surface area (Å²) >= 11 is 0. The van der Waals surface area contributed by atoms with Crippen LogP contribution in [0.15, 0.2) is 24.3 Å². The normalized spacial score (nSPS) is 31.5. The van der Waals surface area contributed by atoms with Crippen molar-refractivity contribution in [2.75, 3.05) is 6.61 Å². The van der Waals surface area contributed by atoms with Gasteiger partial charge in [-0.25, -0.2) is 0 Å². The van der Waals surface area contributed by atoms with Gasteiger partial charge in [-0.1, -0.05) is 29.8 Å². The maximum Gasteiger partial charge on any atom is 0.192 e. The fraction of sp³-hybridized carbons (Fsp3) is 0.538. The Morgan fingerprint density at radius 3 is 2.53 bits per heavy atom. The summed E-state index contributed by atoms with van der Waals surface area (Å²) < 4.78 is 11.6. The molecular weight excluding hydrogens is 188 g/mol. The minimum absolute atomic E-state index is 0.269. The van der Waals surface area contributed by atoms with Gasteiger partial charge in [0.1, 0.15) is 0 Å². The molecule has 82 valence electrons. The van der Waals surface area contributed by atoms with Crippen molar-refractivity contribution >= 4 is 0 Å². The molecule has 1 saturated heterocycles. The van der Waals surface area contributed by atoms with Crippen LogP contribution in [0.5, 0.6) is 0 Å². The molecule has 0 aromatic heterocycles. The predicted octanol–water partition coefficient (Wildman–Crippen LogP) is 2.99. The Hall–Kier alpha value is -0.860. The average molecular weight is 206 g/mol. The van der Waals surface area contributed by atoms with Crippen molar-refractivity contribution in [3.8, 4) is 0 Å². The fourth-order valence-corrected chi connectivity index (χ4v) is 1.90. The first-order valence-corrected chi connectivity index (χ1v) is 5.49. The smallest absolute Gasteiger partial charge is 0.192 e. The molecule has 1 fully saturated rings. The lowest BCUT2D eigenvalue weighted by molar-refractivity contribution is -0.288. The summed E-state index contributed by atoms with van der Waals surface area (Å²) in [7, 11) is 0. The zero-order valence-corrected chi connectivity index (χ0v) is 9.62. The van der Waals surface area contributed by atoms with Gasteiger partial charge >= 0.3 is 0 Å². The number of hydrogen-bond acceptors (Lipinski definition) is 2. The van der Waals surface area contributed by atoms with Crippen LogP contribution in [0, 0.1) is 6.92 Å². The van der Waals surface area contributed by atoms with Crippen LogP contribution in [0.2, 0.25) is 0 Å². The van der Waals surface area contributed by atoms with Crippen LogP contribution < -0.4 is 0 Å². The van der Waals surface area contributed by atoms with Crippen LogP contribution in [-0.4, -0.2) is 12.7 Å². The van der Waals surface area contributed by atoms with Crippen molar-refractivity contribution < 1.29 is 9.47 Å². The molecule has 1 aromatic carbocycles. The van der Waals surface area contributed by atoms with Gasteiger partial charge in [-0.2, -0.15) is 0 Å². The highest BCUT2D eigenvalue weighted by molar-refractivity contribution is 5.24. The summed E-state index contributed by atoms with van der Waals surface area (Å²) in [5.41, 5.74) is 2.35. The molecule has 1 aromatic rings. The van der Waals surface area contributed by atoms with Gasteiger partial charge in [-0.15, -0.1) is 0 Å². The van der Waals surface area contributed by atoms with Gasteiger partial charge in [0.2, 0.25) is 0 Å². The molecule has 2 rings (SSSR count). The zero-order chi connectivity index (χ0) is 10.9. The van der Waals surface area contributed by atoms with E-state index in [2.05, 4.69) is 38.1 Å². The largest absolute Gasteiger partial charge is 0.346 e. The molecule has 0 aliphatic carbocycles. The van der Waals surface area contributed by atoms with E-state index in [0.29, 0.717) is 0 Å². The number of aryl methyl sites for hydroxylation is 1. The molecule has 1 aliphatic heterocycles. The fourth-order valence-electron chi connectivity index (χ4n) is 1.90. The summed E-state index contributed by atoms with van der Waals surface area (Å²) in [5, 5.41) is 0. The van der Waals surface area contributed by atoms with E-state index in [-0.39, 0.29) is 6.10 Å². The lowest BCUT2D eigenvalue weighted by Gasteiger charge is -2.37. The van der Waals surface area contributed by atoms with E-state index in [1.165, 1.54) is 5.56 Å². The SMILES string of the molecule is Cc1ccc([C@]2(C)OCC[C@H](C)O2)cc1. The Labute approximate surface area is 91.2 Å². The molecule has 15 heavy (non-hydrogen) atoms. The van der Waals surface area contributed by atoms with Gasteiger partial charge in [0.25, 0.3) is 0 Å². The van der Waals surface area contributed by atoms with Crippen LogP contribution >= 0.6 is 0 Å². The van der Waals surface area contributed by atoms with Crippen molar-refractivity contribution in [2.24, 2.45) is 0 Å². The Morgan fingerprint density at radius 2 is 1.93 bits per heavy atom. The van der Waals surface area contributed by atoms with Gasteiger partial charge in [0.05, 0.1) is 12.7 Å². The highest BCUT2D eigenvalue weighted by Crippen LogP contribution is 2.32. The first-order chi connectivity index (χ1) is 7.10. The monoisotopic (exact) mass is 206 g/mol. The predicted molar refractivity (Wildman–Crippen MR) is 59.6 cm³/mol. The second-order valence-electron chi connectivity index (χ2n) is 4.38. The first-order valence-electron chi connectivity index (χ1n) is 5.49. The molecule has 0 N–H and O–H groups in total. The number of rotatable bonds is 1. The first kappa shape index (κ1) is 10.7. The molecular formula is C13H18O2. The van der Waals surface area contributed by atoms with Crippen LogP contribution in [-0.2, 0) is 15.3 Å². The molecule has 0 radical (unpaired) electrons. The van der Waals surface area contributed by atoms with E-state index in [0.717, 1.165) is 18.6 Å². The van der Waals surface area contributed by atoms with E-state index < -0.39 is 5.79 Å². The zero-order valence-electron chi connectivity index (χ0n) is 9.62. The van der Waals surface area contributed by atoms with Crippen LogP contribution in [0.4, 0.5) is 0 Å². The van der Waals surface area contributed by atoms with Gasteiger partial charge in [-0.05, 0) is 27.2 Å². The quantitative estimate of drug-likeness (QED) is 0.703. The molecule has 1 heterocycles. The standard InChI is InChI=1S/C13H18O2/c1-10-4-6-12(7-5-10)13(3)14-9-8-11(2)15-13/h4-7,11H,8-9H2,1-3H3/t11-,13+/m0/s1. The third-order valence-electron chi connectivity index (χ3n) is 2.90. The van der Waals surface area contributed by atoms with E-state index in [1.54, 1.807) is 0 Å².